The summed E-state index contributed by atoms with van der Waals surface area (Å²) in [5, 5.41) is 13.0. The zero-order valence-corrected chi connectivity index (χ0v) is 19.7. The van der Waals surface area contributed by atoms with Crippen LogP contribution in [0.15, 0.2) is 42.5 Å². The molecule has 0 bridgehead atoms. The van der Waals surface area contributed by atoms with Gasteiger partial charge >= 0.3 is 5.97 Å². The third-order valence-electron chi connectivity index (χ3n) is 5.40. The van der Waals surface area contributed by atoms with E-state index in [0.29, 0.717) is 13.0 Å². The maximum absolute atomic E-state index is 11.8. The molecule has 176 valence electrons. The Hall–Kier alpha value is -1.81. The number of anilines is 1. The molecule has 0 saturated carbocycles. The Bertz CT molecular complexity index is 559. The molecule has 31 heavy (non-hydrogen) atoms. The third-order valence-corrected chi connectivity index (χ3v) is 5.40. The number of aliphatic hydroxyl groups is 1. The van der Waals surface area contributed by atoms with Crippen molar-refractivity contribution in [3.63, 3.8) is 0 Å². The number of nitrogens with one attached hydrogen (secondary N) is 1. The lowest BCUT2D eigenvalue weighted by Crippen LogP contribution is -2.26. The van der Waals surface area contributed by atoms with Gasteiger partial charge in [-0.05, 0) is 44.2 Å². The highest BCUT2D eigenvalue weighted by molar-refractivity contribution is 5.69. The molecule has 4 heteroatoms. The highest BCUT2D eigenvalue weighted by Gasteiger charge is 2.08. The molecule has 0 aromatic heterocycles. The molecule has 0 spiro atoms. The number of benzene rings is 1. The molecule has 0 aliphatic rings. The number of allylic oxidation sites excluding steroid dienone is 2. The number of para-hydroxylation sites is 1. The van der Waals surface area contributed by atoms with Crippen LogP contribution in [0.1, 0.15) is 96.8 Å². The smallest absolute Gasteiger partial charge is 0.305 e. The summed E-state index contributed by atoms with van der Waals surface area (Å²) in [6.45, 7) is 2.67. The van der Waals surface area contributed by atoms with Gasteiger partial charge < -0.3 is 15.2 Å². The van der Waals surface area contributed by atoms with Crippen molar-refractivity contribution >= 4 is 11.7 Å². The summed E-state index contributed by atoms with van der Waals surface area (Å²) < 4.78 is 5.17. The van der Waals surface area contributed by atoms with Crippen molar-refractivity contribution in [2.45, 2.75) is 103 Å². The highest BCUT2D eigenvalue weighted by atomic mass is 16.5. The average molecular weight is 432 g/mol. The average Bonchev–Trinajstić information content (AvgIpc) is 2.79. The van der Waals surface area contributed by atoms with Gasteiger partial charge in [0.1, 0.15) is 12.7 Å². The lowest BCUT2D eigenvalue weighted by molar-refractivity contribution is -0.146. The molecule has 1 aromatic carbocycles. The number of rotatable bonds is 20. The highest BCUT2D eigenvalue weighted by Crippen LogP contribution is 2.10. The van der Waals surface area contributed by atoms with Crippen molar-refractivity contribution in [1.29, 1.82) is 0 Å². The molecule has 0 amide bonds. The molecule has 0 saturated heterocycles. The van der Waals surface area contributed by atoms with Crippen LogP contribution in [0.2, 0.25) is 0 Å². The lowest BCUT2D eigenvalue weighted by Gasteiger charge is -2.13. The normalized spacial score (nSPS) is 12.2. The van der Waals surface area contributed by atoms with Crippen molar-refractivity contribution < 1.29 is 14.6 Å². The Morgan fingerprint density at radius 3 is 2.13 bits per heavy atom. The number of carbonyl (C=O) groups excluding carboxylic acids is 1. The number of aliphatic hydroxyl groups excluding tert-OH is 1. The Labute approximate surface area is 190 Å². The van der Waals surface area contributed by atoms with Crippen LogP contribution in [0.5, 0.6) is 0 Å². The molecule has 1 aromatic rings. The van der Waals surface area contributed by atoms with Gasteiger partial charge in [-0.15, -0.1) is 0 Å². The Balaban J connectivity index is 1.85. The summed E-state index contributed by atoms with van der Waals surface area (Å²) in [6.07, 6.45) is 20.6. The standard InChI is InChI=1S/C27H45NO3/c1-2-3-4-5-6-7-8-9-10-11-12-13-14-15-19-22-27(30)31-24-26(29)23-28-25-20-17-16-18-21-25/h9-10,16-18,20-21,26,28-29H,2-8,11-15,19,22-24H2,1H3/b10-9+. The molecule has 0 radical (unpaired) electrons. The van der Waals surface area contributed by atoms with Crippen LogP contribution in [0.4, 0.5) is 5.69 Å². The van der Waals surface area contributed by atoms with E-state index >= 15 is 0 Å². The summed E-state index contributed by atoms with van der Waals surface area (Å²) in [5.74, 6) is -0.212. The van der Waals surface area contributed by atoms with Gasteiger partial charge in [-0.1, -0.05) is 88.6 Å². The van der Waals surface area contributed by atoms with Gasteiger partial charge in [0.05, 0.1) is 0 Å². The van der Waals surface area contributed by atoms with Crippen LogP contribution in [0, 0.1) is 0 Å². The molecular weight excluding hydrogens is 386 g/mol. The van der Waals surface area contributed by atoms with Gasteiger partial charge in [-0.25, -0.2) is 0 Å². The lowest BCUT2D eigenvalue weighted by atomic mass is 10.1. The molecule has 1 rings (SSSR count). The Kier molecular flexibility index (Phi) is 17.7. The zero-order valence-electron chi connectivity index (χ0n) is 19.7. The van der Waals surface area contributed by atoms with Crippen LogP contribution in [0.3, 0.4) is 0 Å². The fourth-order valence-corrected chi connectivity index (χ4v) is 3.45. The number of hydrogen-bond donors (Lipinski definition) is 2. The predicted molar refractivity (Wildman–Crippen MR) is 131 cm³/mol. The monoisotopic (exact) mass is 431 g/mol. The van der Waals surface area contributed by atoms with Crippen LogP contribution in [0.25, 0.3) is 0 Å². The Morgan fingerprint density at radius 1 is 0.903 bits per heavy atom. The van der Waals surface area contributed by atoms with Crippen molar-refractivity contribution in [3.05, 3.63) is 42.5 Å². The van der Waals surface area contributed by atoms with Gasteiger partial charge in [0, 0.05) is 18.7 Å². The first-order valence-corrected chi connectivity index (χ1v) is 12.5. The first-order chi connectivity index (χ1) is 15.2. The van der Waals surface area contributed by atoms with E-state index in [-0.39, 0.29) is 12.6 Å². The Morgan fingerprint density at radius 2 is 1.48 bits per heavy atom. The molecular formula is C27H45NO3. The second kappa shape index (κ2) is 20.1. The summed E-state index contributed by atoms with van der Waals surface area (Å²) in [6, 6.07) is 9.68. The van der Waals surface area contributed by atoms with Crippen molar-refractivity contribution in [3.8, 4) is 0 Å². The van der Waals surface area contributed by atoms with E-state index in [1.54, 1.807) is 0 Å². The molecule has 0 fully saturated rings. The fraction of sp³-hybridized carbons (Fsp3) is 0.667. The van der Waals surface area contributed by atoms with E-state index < -0.39 is 6.10 Å². The molecule has 1 atom stereocenters. The van der Waals surface area contributed by atoms with Gasteiger partial charge in [0.2, 0.25) is 0 Å². The molecule has 2 N–H and O–H groups in total. The second-order valence-electron chi connectivity index (χ2n) is 8.42. The van der Waals surface area contributed by atoms with Gasteiger partial charge in [-0.2, -0.15) is 0 Å². The maximum atomic E-state index is 11.8. The maximum Gasteiger partial charge on any atom is 0.305 e. The summed E-state index contributed by atoms with van der Waals surface area (Å²) >= 11 is 0. The molecule has 1 unspecified atom stereocenters. The third kappa shape index (κ3) is 17.6. The van der Waals surface area contributed by atoms with Crippen LogP contribution in [-0.2, 0) is 9.53 Å². The largest absolute Gasteiger partial charge is 0.463 e. The predicted octanol–water partition coefficient (Wildman–Crippen LogP) is 7.04. The topological polar surface area (TPSA) is 58.6 Å². The van der Waals surface area contributed by atoms with E-state index in [0.717, 1.165) is 18.5 Å². The van der Waals surface area contributed by atoms with Crippen LogP contribution < -0.4 is 5.32 Å². The first-order valence-electron chi connectivity index (χ1n) is 12.5. The minimum absolute atomic E-state index is 0.0454. The fourth-order valence-electron chi connectivity index (χ4n) is 3.45. The quantitative estimate of drug-likeness (QED) is 0.132. The molecule has 0 aliphatic heterocycles. The number of hydrogen-bond acceptors (Lipinski definition) is 4. The summed E-state index contributed by atoms with van der Waals surface area (Å²) in [5.41, 5.74) is 0.946. The summed E-state index contributed by atoms with van der Waals surface area (Å²) in [7, 11) is 0. The minimum Gasteiger partial charge on any atom is -0.463 e. The minimum atomic E-state index is -0.696. The van der Waals surface area contributed by atoms with E-state index in [1.807, 2.05) is 30.3 Å². The molecule has 0 heterocycles. The van der Waals surface area contributed by atoms with Crippen LogP contribution >= 0.6 is 0 Å². The number of esters is 1. The van der Waals surface area contributed by atoms with E-state index in [1.165, 1.54) is 70.6 Å². The van der Waals surface area contributed by atoms with Crippen molar-refractivity contribution in [1.82, 2.24) is 0 Å². The summed E-state index contributed by atoms with van der Waals surface area (Å²) in [4.78, 5) is 11.8. The van der Waals surface area contributed by atoms with Crippen molar-refractivity contribution in [2.75, 3.05) is 18.5 Å². The van der Waals surface area contributed by atoms with Gasteiger partial charge in [0.25, 0.3) is 0 Å². The van der Waals surface area contributed by atoms with E-state index in [2.05, 4.69) is 24.4 Å². The zero-order chi connectivity index (χ0) is 22.4. The van der Waals surface area contributed by atoms with Gasteiger partial charge in [-0.3, -0.25) is 4.79 Å². The van der Waals surface area contributed by atoms with E-state index in [9.17, 15) is 9.90 Å². The SMILES string of the molecule is CCCCCCCC/C=C/CCCCCCCC(=O)OCC(O)CNc1ccccc1. The van der Waals surface area contributed by atoms with Crippen molar-refractivity contribution in [2.24, 2.45) is 0 Å². The van der Waals surface area contributed by atoms with Crippen LogP contribution in [-0.4, -0.2) is 30.3 Å². The van der Waals surface area contributed by atoms with E-state index in [4.69, 9.17) is 4.74 Å². The number of carbonyl (C=O) groups is 1. The van der Waals surface area contributed by atoms with Gasteiger partial charge in [0.15, 0.2) is 0 Å². The number of ether oxygens (including phenoxy) is 1. The molecule has 4 nitrogen and oxygen atoms in total. The molecule has 0 aliphatic carbocycles. The second-order valence-corrected chi connectivity index (χ2v) is 8.42. The number of unbranched alkanes of at least 4 members (excludes halogenated alkanes) is 11. The first kappa shape index (κ1) is 27.2.